The smallest absolute Gasteiger partial charge is 0.322 e. The van der Waals surface area contributed by atoms with Gasteiger partial charge in [-0.25, -0.2) is 9.48 Å². The molecule has 2 rings (SSSR count). The first kappa shape index (κ1) is 14.3. The number of amides is 3. The topological polar surface area (TPSA) is 83.4 Å². The number of aromatic nitrogens is 3. The fourth-order valence-electron chi connectivity index (χ4n) is 2.04. The molecule has 0 radical (unpaired) electrons. The Kier molecular flexibility index (Phi) is 4.54. The van der Waals surface area contributed by atoms with Gasteiger partial charge in [-0.2, -0.15) is 0 Å². The van der Waals surface area contributed by atoms with Crippen LogP contribution in [0.2, 0.25) is 0 Å². The summed E-state index contributed by atoms with van der Waals surface area (Å²) in [5.41, 5.74) is 0. The first-order valence-corrected chi connectivity index (χ1v) is 6.72. The predicted molar refractivity (Wildman–Crippen MR) is 73.2 cm³/mol. The number of urea groups is 1. The third-order valence-corrected chi connectivity index (χ3v) is 3.19. The monoisotopic (exact) mass is 280 g/mol. The number of rotatable bonds is 3. The highest BCUT2D eigenvalue weighted by atomic mass is 16.2. The summed E-state index contributed by atoms with van der Waals surface area (Å²) in [5, 5.41) is 10.3. The molecule has 0 bridgehead atoms. The quantitative estimate of drug-likeness (QED) is 0.868. The van der Waals surface area contributed by atoms with Gasteiger partial charge in [0.2, 0.25) is 5.91 Å². The van der Waals surface area contributed by atoms with Crippen LogP contribution in [0.1, 0.15) is 19.3 Å². The van der Waals surface area contributed by atoms with Crippen molar-refractivity contribution < 1.29 is 9.59 Å². The molecule has 3 amide bonds. The standard InChI is InChI=1S/C12H20N6O2/c1-16(2)12(20)13-10-8-18(15-14-10)9-11(19)17-6-4-3-5-7-17/h8H,3-7,9H2,1-2H3,(H,13,20). The van der Waals surface area contributed by atoms with Gasteiger partial charge >= 0.3 is 6.03 Å². The number of likely N-dealkylation sites (tertiary alicyclic amines) is 1. The van der Waals surface area contributed by atoms with E-state index in [1.165, 1.54) is 16.0 Å². The van der Waals surface area contributed by atoms with Crippen molar-refractivity contribution >= 4 is 17.8 Å². The number of nitrogens with zero attached hydrogens (tertiary/aromatic N) is 5. The minimum absolute atomic E-state index is 0.0417. The van der Waals surface area contributed by atoms with Crippen molar-refractivity contribution in [2.75, 3.05) is 32.5 Å². The van der Waals surface area contributed by atoms with E-state index in [1.54, 1.807) is 20.3 Å². The number of hydrogen-bond donors (Lipinski definition) is 1. The van der Waals surface area contributed by atoms with Gasteiger partial charge in [-0.3, -0.25) is 10.1 Å². The average molecular weight is 280 g/mol. The first-order chi connectivity index (χ1) is 9.56. The van der Waals surface area contributed by atoms with Gasteiger partial charge in [0.15, 0.2) is 5.82 Å². The van der Waals surface area contributed by atoms with Gasteiger partial charge in [0.05, 0.1) is 6.20 Å². The van der Waals surface area contributed by atoms with E-state index in [0.717, 1.165) is 25.9 Å². The van der Waals surface area contributed by atoms with Crippen molar-refractivity contribution in [3.63, 3.8) is 0 Å². The maximum absolute atomic E-state index is 12.0. The molecule has 0 aromatic carbocycles. The molecule has 1 saturated heterocycles. The SMILES string of the molecule is CN(C)C(=O)Nc1cn(CC(=O)N2CCCCC2)nn1. The van der Waals surface area contributed by atoms with E-state index in [1.807, 2.05) is 4.90 Å². The molecule has 0 aliphatic carbocycles. The summed E-state index contributed by atoms with van der Waals surface area (Å²) in [6, 6.07) is -0.278. The van der Waals surface area contributed by atoms with Crippen LogP contribution in [0.15, 0.2) is 6.20 Å². The number of hydrogen-bond acceptors (Lipinski definition) is 4. The second-order valence-electron chi connectivity index (χ2n) is 5.07. The summed E-state index contributed by atoms with van der Waals surface area (Å²) in [7, 11) is 3.28. The maximum atomic E-state index is 12.0. The highest BCUT2D eigenvalue weighted by Gasteiger charge is 2.17. The molecule has 1 aliphatic rings. The molecule has 110 valence electrons. The van der Waals surface area contributed by atoms with E-state index in [4.69, 9.17) is 0 Å². The zero-order valence-electron chi connectivity index (χ0n) is 11.9. The Balaban J connectivity index is 1.88. The largest absolute Gasteiger partial charge is 0.341 e. The molecule has 20 heavy (non-hydrogen) atoms. The van der Waals surface area contributed by atoms with Crippen LogP contribution in [-0.2, 0) is 11.3 Å². The summed E-state index contributed by atoms with van der Waals surface area (Å²) in [6.45, 7) is 1.79. The van der Waals surface area contributed by atoms with Gasteiger partial charge in [0, 0.05) is 27.2 Å². The number of piperidine rings is 1. The Hall–Kier alpha value is -2.12. The fourth-order valence-corrected chi connectivity index (χ4v) is 2.04. The molecule has 1 aliphatic heterocycles. The van der Waals surface area contributed by atoms with Crippen LogP contribution < -0.4 is 5.32 Å². The molecule has 1 aromatic heterocycles. The van der Waals surface area contributed by atoms with Gasteiger partial charge in [-0.15, -0.1) is 5.10 Å². The lowest BCUT2D eigenvalue weighted by Gasteiger charge is -2.26. The summed E-state index contributed by atoms with van der Waals surface area (Å²) >= 11 is 0. The Labute approximate surface area is 117 Å². The van der Waals surface area contributed by atoms with Crippen molar-refractivity contribution in [1.82, 2.24) is 24.8 Å². The lowest BCUT2D eigenvalue weighted by Crippen LogP contribution is -2.37. The summed E-state index contributed by atoms with van der Waals surface area (Å²) in [6.07, 6.45) is 4.87. The van der Waals surface area contributed by atoms with E-state index in [0.29, 0.717) is 5.82 Å². The van der Waals surface area contributed by atoms with Crippen LogP contribution in [0.5, 0.6) is 0 Å². The molecule has 0 atom stereocenters. The zero-order valence-corrected chi connectivity index (χ0v) is 11.9. The predicted octanol–water partition coefficient (Wildman–Crippen LogP) is 0.384. The van der Waals surface area contributed by atoms with Crippen molar-refractivity contribution in [3.8, 4) is 0 Å². The second-order valence-corrected chi connectivity index (χ2v) is 5.07. The third kappa shape index (κ3) is 3.69. The molecule has 1 fully saturated rings. The molecule has 0 spiro atoms. The highest BCUT2D eigenvalue weighted by Crippen LogP contribution is 2.09. The van der Waals surface area contributed by atoms with Gasteiger partial charge < -0.3 is 9.80 Å². The van der Waals surface area contributed by atoms with Crippen LogP contribution >= 0.6 is 0 Å². The van der Waals surface area contributed by atoms with Gasteiger partial charge in [0.1, 0.15) is 6.54 Å². The van der Waals surface area contributed by atoms with Crippen molar-refractivity contribution in [1.29, 1.82) is 0 Å². The Bertz CT molecular complexity index is 478. The third-order valence-electron chi connectivity index (χ3n) is 3.19. The van der Waals surface area contributed by atoms with Crippen LogP contribution in [0.3, 0.4) is 0 Å². The molecule has 1 N–H and O–H groups in total. The first-order valence-electron chi connectivity index (χ1n) is 6.72. The van der Waals surface area contributed by atoms with E-state index in [-0.39, 0.29) is 18.5 Å². The molecule has 8 nitrogen and oxygen atoms in total. The van der Waals surface area contributed by atoms with Gasteiger partial charge in [0.25, 0.3) is 0 Å². The van der Waals surface area contributed by atoms with E-state index in [2.05, 4.69) is 15.6 Å². The average Bonchev–Trinajstić information content (AvgIpc) is 2.86. The van der Waals surface area contributed by atoms with Crippen molar-refractivity contribution in [3.05, 3.63) is 6.20 Å². The lowest BCUT2D eigenvalue weighted by molar-refractivity contribution is -0.132. The Morgan fingerprint density at radius 1 is 1.30 bits per heavy atom. The molecule has 0 unspecified atom stereocenters. The maximum Gasteiger partial charge on any atom is 0.322 e. The van der Waals surface area contributed by atoms with Gasteiger partial charge in [-0.05, 0) is 19.3 Å². The van der Waals surface area contributed by atoms with Crippen LogP contribution in [0.4, 0.5) is 10.6 Å². The van der Waals surface area contributed by atoms with Crippen LogP contribution in [-0.4, -0.2) is 63.9 Å². The molecule has 2 heterocycles. The van der Waals surface area contributed by atoms with Crippen molar-refractivity contribution in [2.24, 2.45) is 0 Å². The van der Waals surface area contributed by atoms with Crippen molar-refractivity contribution in [2.45, 2.75) is 25.8 Å². The zero-order chi connectivity index (χ0) is 14.5. The van der Waals surface area contributed by atoms with E-state index in [9.17, 15) is 9.59 Å². The van der Waals surface area contributed by atoms with Crippen LogP contribution in [0.25, 0.3) is 0 Å². The molecular formula is C12H20N6O2. The minimum atomic E-state index is -0.278. The summed E-state index contributed by atoms with van der Waals surface area (Å²) in [5.74, 6) is 0.384. The highest BCUT2D eigenvalue weighted by molar-refractivity contribution is 5.87. The normalized spacial score (nSPS) is 15.0. The molecule has 8 heteroatoms. The summed E-state index contributed by atoms with van der Waals surface area (Å²) in [4.78, 5) is 26.8. The van der Waals surface area contributed by atoms with E-state index >= 15 is 0 Å². The number of carbonyl (C=O) groups excluding carboxylic acids is 2. The van der Waals surface area contributed by atoms with Gasteiger partial charge in [-0.1, -0.05) is 5.21 Å². The minimum Gasteiger partial charge on any atom is -0.341 e. The summed E-state index contributed by atoms with van der Waals surface area (Å²) < 4.78 is 1.45. The lowest BCUT2D eigenvalue weighted by atomic mass is 10.1. The molecule has 1 aromatic rings. The number of anilines is 1. The number of nitrogens with one attached hydrogen (secondary N) is 1. The van der Waals surface area contributed by atoms with Crippen LogP contribution in [0, 0.1) is 0 Å². The fraction of sp³-hybridized carbons (Fsp3) is 0.667. The Morgan fingerprint density at radius 2 is 2.00 bits per heavy atom. The molecular weight excluding hydrogens is 260 g/mol. The molecule has 0 saturated carbocycles. The number of carbonyl (C=O) groups is 2. The van der Waals surface area contributed by atoms with E-state index < -0.39 is 0 Å². The second kappa shape index (κ2) is 6.36. The Morgan fingerprint density at radius 3 is 2.65 bits per heavy atom.